The van der Waals surface area contributed by atoms with Gasteiger partial charge in [-0.1, -0.05) is 19.9 Å². The van der Waals surface area contributed by atoms with Crippen molar-refractivity contribution in [3.63, 3.8) is 0 Å². The van der Waals surface area contributed by atoms with Gasteiger partial charge in [0.05, 0.1) is 12.5 Å². The van der Waals surface area contributed by atoms with Gasteiger partial charge in [0, 0.05) is 5.92 Å². The van der Waals surface area contributed by atoms with Crippen molar-refractivity contribution < 1.29 is 29.3 Å². The van der Waals surface area contributed by atoms with E-state index in [1.807, 2.05) is 6.92 Å². The highest BCUT2D eigenvalue weighted by Crippen LogP contribution is 2.37. The van der Waals surface area contributed by atoms with E-state index in [9.17, 15) is 19.8 Å². The Morgan fingerprint density at radius 3 is 2.54 bits per heavy atom. The van der Waals surface area contributed by atoms with Gasteiger partial charge in [0.25, 0.3) is 5.72 Å². The molecule has 0 heterocycles. The van der Waals surface area contributed by atoms with Gasteiger partial charge in [0.2, 0.25) is 0 Å². The minimum absolute atomic E-state index is 0.159. The number of phenolic OH excluding ortho intramolecular Hbond substituents is 2. The standard InChI is InChI=1S/C17H23NO6/c1-3-8-23-16(22)17(18,24-15(21)11-4-5-11)10(2)12-6-7-13(19)14(20)9-12/h6-7,9-11,19-20H,3-5,8,18H2,1-2H3/t10?,17-/m0/s1. The summed E-state index contributed by atoms with van der Waals surface area (Å²) < 4.78 is 10.4. The van der Waals surface area contributed by atoms with E-state index >= 15 is 0 Å². The molecule has 1 aliphatic carbocycles. The zero-order valence-corrected chi connectivity index (χ0v) is 13.8. The molecule has 0 spiro atoms. The number of ether oxygens (including phenoxy) is 2. The SMILES string of the molecule is CCCOC(=O)[C@@](N)(OC(=O)C1CC1)C(C)c1ccc(O)c(O)c1. The molecule has 1 aromatic carbocycles. The molecule has 7 heteroatoms. The highest BCUT2D eigenvalue weighted by Gasteiger charge is 2.48. The topological polar surface area (TPSA) is 119 Å². The molecule has 0 saturated heterocycles. The first-order valence-corrected chi connectivity index (χ1v) is 8.00. The summed E-state index contributed by atoms with van der Waals surface area (Å²) in [6, 6.07) is 4.06. The van der Waals surface area contributed by atoms with Crippen molar-refractivity contribution in [1.29, 1.82) is 0 Å². The lowest BCUT2D eigenvalue weighted by molar-refractivity contribution is -0.186. The van der Waals surface area contributed by atoms with Crippen LogP contribution in [0.5, 0.6) is 11.5 Å². The number of rotatable bonds is 7. The van der Waals surface area contributed by atoms with Gasteiger partial charge >= 0.3 is 11.9 Å². The second-order valence-electron chi connectivity index (χ2n) is 6.09. The molecule has 7 nitrogen and oxygen atoms in total. The van der Waals surface area contributed by atoms with Crippen molar-refractivity contribution in [3.05, 3.63) is 23.8 Å². The van der Waals surface area contributed by atoms with Gasteiger partial charge in [-0.15, -0.1) is 0 Å². The van der Waals surface area contributed by atoms with Gasteiger partial charge in [0.1, 0.15) is 0 Å². The Kier molecular flexibility index (Phi) is 5.33. The summed E-state index contributed by atoms with van der Waals surface area (Å²) in [7, 11) is 0. The molecule has 1 unspecified atom stereocenters. The average molecular weight is 337 g/mol. The number of carbonyl (C=O) groups excluding carboxylic acids is 2. The molecule has 0 aliphatic heterocycles. The number of hydrogen-bond acceptors (Lipinski definition) is 7. The minimum Gasteiger partial charge on any atom is -0.504 e. The van der Waals surface area contributed by atoms with Crippen LogP contribution in [-0.4, -0.2) is 34.5 Å². The summed E-state index contributed by atoms with van der Waals surface area (Å²) in [5.74, 6) is -3.02. The summed E-state index contributed by atoms with van der Waals surface area (Å²) in [4.78, 5) is 24.5. The third-order valence-corrected chi connectivity index (χ3v) is 4.08. The van der Waals surface area contributed by atoms with Crippen LogP contribution >= 0.6 is 0 Å². The molecule has 0 amide bonds. The van der Waals surface area contributed by atoms with Crippen LogP contribution in [0.25, 0.3) is 0 Å². The maximum atomic E-state index is 12.4. The Morgan fingerprint density at radius 1 is 1.33 bits per heavy atom. The minimum atomic E-state index is -2.00. The quantitative estimate of drug-likeness (QED) is 0.394. The first-order valence-electron chi connectivity index (χ1n) is 8.00. The molecule has 2 atom stereocenters. The monoisotopic (exact) mass is 337 g/mol. The molecule has 1 aliphatic rings. The number of aromatic hydroxyl groups is 2. The first kappa shape index (κ1) is 18.1. The molecule has 1 saturated carbocycles. The van der Waals surface area contributed by atoms with Gasteiger partial charge in [-0.05, 0) is 37.0 Å². The van der Waals surface area contributed by atoms with Crippen LogP contribution in [0.15, 0.2) is 18.2 Å². The van der Waals surface area contributed by atoms with Gasteiger partial charge in [0.15, 0.2) is 11.5 Å². The maximum absolute atomic E-state index is 12.4. The second-order valence-corrected chi connectivity index (χ2v) is 6.09. The van der Waals surface area contributed by atoms with E-state index in [2.05, 4.69) is 0 Å². The summed E-state index contributed by atoms with van der Waals surface area (Å²) in [5.41, 5.74) is 4.58. The van der Waals surface area contributed by atoms with Crippen molar-refractivity contribution in [2.45, 2.75) is 44.8 Å². The number of phenols is 2. The molecule has 132 valence electrons. The van der Waals surface area contributed by atoms with Crippen LogP contribution in [0.1, 0.15) is 44.6 Å². The lowest BCUT2D eigenvalue weighted by Crippen LogP contribution is -2.56. The van der Waals surface area contributed by atoms with Crippen LogP contribution in [0.4, 0.5) is 0 Å². The molecule has 2 rings (SSSR count). The molecule has 4 N–H and O–H groups in total. The first-order chi connectivity index (χ1) is 11.3. The van der Waals surface area contributed by atoms with Crippen LogP contribution in [-0.2, 0) is 19.1 Å². The zero-order chi connectivity index (χ0) is 17.9. The summed E-state index contributed by atoms with van der Waals surface area (Å²) in [6.07, 6.45) is 2.04. The van der Waals surface area contributed by atoms with Crippen LogP contribution in [0.3, 0.4) is 0 Å². The van der Waals surface area contributed by atoms with Crippen molar-refractivity contribution in [1.82, 2.24) is 0 Å². The van der Waals surface area contributed by atoms with E-state index in [4.69, 9.17) is 15.2 Å². The summed E-state index contributed by atoms with van der Waals surface area (Å²) in [5, 5.41) is 19.1. The number of benzene rings is 1. The fourth-order valence-corrected chi connectivity index (χ4v) is 2.24. The maximum Gasteiger partial charge on any atom is 0.366 e. The smallest absolute Gasteiger partial charge is 0.366 e. The van der Waals surface area contributed by atoms with Crippen molar-refractivity contribution in [2.24, 2.45) is 11.7 Å². The molecule has 1 fully saturated rings. The van der Waals surface area contributed by atoms with Gasteiger partial charge in [-0.25, -0.2) is 4.79 Å². The molecular formula is C17H23NO6. The highest BCUT2D eigenvalue weighted by molar-refractivity contribution is 5.85. The van der Waals surface area contributed by atoms with E-state index in [-0.39, 0.29) is 24.0 Å². The largest absolute Gasteiger partial charge is 0.504 e. The van der Waals surface area contributed by atoms with E-state index in [0.29, 0.717) is 24.8 Å². The molecule has 0 radical (unpaired) electrons. The number of hydrogen-bond donors (Lipinski definition) is 3. The van der Waals surface area contributed by atoms with E-state index in [1.54, 1.807) is 6.92 Å². The Morgan fingerprint density at radius 2 is 2.00 bits per heavy atom. The van der Waals surface area contributed by atoms with E-state index < -0.39 is 23.6 Å². The highest BCUT2D eigenvalue weighted by atomic mass is 16.6. The van der Waals surface area contributed by atoms with Crippen LogP contribution in [0.2, 0.25) is 0 Å². The number of carbonyl (C=O) groups is 2. The number of nitrogens with two attached hydrogens (primary N) is 1. The van der Waals surface area contributed by atoms with E-state index in [0.717, 1.165) is 0 Å². The average Bonchev–Trinajstić information content (AvgIpc) is 3.39. The predicted molar refractivity (Wildman–Crippen MR) is 85.2 cm³/mol. The Labute approximate surface area is 140 Å². The zero-order valence-electron chi connectivity index (χ0n) is 13.8. The van der Waals surface area contributed by atoms with Crippen LogP contribution < -0.4 is 5.73 Å². The Bertz CT molecular complexity index is 628. The van der Waals surface area contributed by atoms with Crippen molar-refractivity contribution in [2.75, 3.05) is 6.61 Å². The molecule has 0 bridgehead atoms. The second kappa shape index (κ2) is 7.09. The Balaban J connectivity index is 2.29. The lowest BCUT2D eigenvalue weighted by atomic mass is 9.90. The summed E-state index contributed by atoms with van der Waals surface area (Å²) in [6.45, 7) is 3.59. The van der Waals surface area contributed by atoms with Gasteiger partial charge < -0.3 is 19.7 Å². The Hall–Kier alpha value is -2.28. The fourth-order valence-electron chi connectivity index (χ4n) is 2.24. The third-order valence-electron chi connectivity index (χ3n) is 4.08. The molecule has 24 heavy (non-hydrogen) atoms. The van der Waals surface area contributed by atoms with Crippen molar-refractivity contribution in [3.8, 4) is 11.5 Å². The fraction of sp³-hybridized carbons (Fsp3) is 0.529. The third kappa shape index (κ3) is 3.79. The molecule has 0 aromatic heterocycles. The van der Waals surface area contributed by atoms with E-state index in [1.165, 1.54) is 18.2 Å². The molecule has 1 aromatic rings. The predicted octanol–water partition coefficient (Wildman–Crippen LogP) is 1.76. The van der Waals surface area contributed by atoms with Crippen molar-refractivity contribution >= 4 is 11.9 Å². The van der Waals surface area contributed by atoms with Gasteiger partial charge in [-0.3, -0.25) is 10.5 Å². The summed E-state index contributed by atoms with van der Waals surface area (Å²) >= 11 is 0. The lowest BCUT2D eigenvalue weighted by Gasteiger charge is -2.32. The van der Waals surface area contributed by atoms with Gasteiger partial charge in [-0.2, -0.15) is 0 Å². The van der Waals surface area contributed by atoms with Crippen LogP contribution in [0, 0.1) is 5.92 Å². The number of esters is 2. The molecular weight excluding hydrogens is 314 g/mol. The normalized spacial score (nSPS) is 17.6.